The van der Waals surface area contributed by atoms with Crippen molar-refractivity contribution in [3.63, 3.8) is 0 Å². The van der Waals surface area contributed by atoms with E-state index in [-0.39, 0.29) is 11.4 Å². The van der Waals surface area contributed by atoms with Crippen molar-refractivity contribution in [2.24, 2.45) is 0 Å². The van der Waals surface area contributed by atoms with Crippen molar-refractivity contribution < 1.29 is 15.1 Å². The van der Waals surface area contributed by atoms with Crippen LogP contribution < -0.4 is 5.32 Å². The molecule has 0 spiro atoms. The highest BCUT2D eigenvalue weighted by molar-refractivity contribution is 5.47. The van der Waals surface area contributed by atoms with Gasteiger partial charge >= 0.3 is 5.69 Å². The van der Waals surface area contributed by atoms with Gasteiger partial charge in [0.1, 0.15) is 0 Å². The monoisotopic (exact) mass is 226 g/mol. The van der Waals surface area contributed by atoms with Gasteiger partial charge in [-0.3, -0.25) is 10.1 Å². The van der Waals surface area contributed by atoms with E-state index >= 15 is 0 Å². The molecule has 1 aromatic carbocycles. The molecule has 0 saturated carbocycles. The average molecular weight is 226 g/mol. The average Bonchev–Trinajstić information content (AvgIpc) is 2.19. The molecular weight excluding hydrogens is 212 g/mol. The molecule has 0 aliphatic rings. The lowest BCUT2D eigenvalue weighted by molar-refractivity contribution is -0.385. The van der Waals surface area contributed by atoms with Crippen LogP contribution in [-0.2, 0) is 6.54 Å². The van der Waals surface area contributed by atoms with Gasteiger partial charge in [-0.1, -0.05) is 6.07 Å². The summed E-state index contributed by atoms with van der Waals surface area (Å²) in [6.07, 6.45) is -0.466. The number of phenols is 1. The van der Waals surface area contributed by atoms with E-state index in [9.17, 15) is 15.2 Å². The van der Waals surface area contributed by atoms with E-state index < -0.39 is 11.0 Å². The normalized spacial score (nSPS) is 12.4. The lowest BCUT2D eigenvalue weighted by Gasteiger charge is -2.07. The summed E-state index contributed by atoms with van der Waals surface area (Å²) in [4.78, 5) is 9.91. The van der Waals surface area contributed by atoms with Gasteiger partial charge in [0.15, 0.2) is 5.75 Å². The second-order valence-electron chi connectivity index (χ2n) is 3.56. The van der Waals surface area contributed by atoms with E-state index in [1.165, 1.54) is 12.1 Å². The first kappa shape index (κ1) is 12.4. The van der Waals surface area contributed by atoms with Crippen LogP contribution in [0, 0.1) is 10.1 Å². The number of hydrogen-bond donors (Lipinski definition) is 3. The number of aliphatic hydroxyl groups excluding tert-OH is 1. The van der Waals surface area contributed by atoms with Gasteiger partial charge in [-0.2, -0.15) is 0 Å². The van der Waals surface area contributed by atoms with Gasteiger partial charge in [-0.15, -0.1) is 0 Å². The van der Waals surface area contributed by atoms with Crippen LogP contribution in [-0.4, -0.2) is 27.8 Å². The molecule has 0 fully saturated rings. The molecule has 6 nitrogen and oxygen atoms in total. The van der Waals surface area contributed by atoms with Crippen molar-refractivity contribution in [3.8, 4) is 5.75 Å². The lowest BCUT2D eigenvalue weighted by atomic mass is 10.2. The fraction of sp³-hybridized carbons (Fsp3) is 0.400. The van der Waals surface area contributed by atoms with Gasteiger partial charge in [0, 0.05) is 19.2 Å². The summed E-state index contributed by atoms with van der Waals surface area (Å²) in [5.74, 6) is -0.343. The van der Waals surface area contributed by atoms with E-state index in [1.54, 1.807) is 13.0 Å². The Morgan fingerprint density at radius 1 is 1.56 bits per heavy atom. The Bertz CT molecular complexity index is 379. The molecule has 0 aromatic heterocycles. The fourth-order valence-corrected chi connectivity index (χ4v) is 1.25. The number of hydrogen-bond acceptors (Lipinski definition) is 5. The topological polar surface area (TPSA) is 95.6 Å². The van der Waals surface area contributed by atoms with Gasteiger partial charge in [-0.05, 0) is 18.6 Å². The zero-order chi connectivity index (χ0) is 12.1. The van der Waals surface area contributed by atoms with Gasteiger partial charge < -0.3 is 15.5 Å². The maximum Gasteiger partial charge on any atom is 0.311 e. The van der Waals surface area contributed by atoms with Crippen LogP contribution in [0.1, 0.15) is 12.5 Å². The Morgan fingerprint density at radius 2 is 2.25 bits per heavy atom. The standard InChI is InChI=1S/C10H14N2O4/c1-7(13)5-11-6-8-2-3-10(14)9(4-8)12(15)16/h2-4,7,11,13-14H,5-6H2,1H3/t7-/m0/s1. The molecule has 0 saturated heterocycles. The number of aromatic hydroxyl groups is 1. The Hall–Kier alpha value is -1.66. The van der Waals surface area contributed by atoms with Crippen LogP contribution >= 0.6 is 0 Å². The molecule has 3 N–H and O–H groups in total. The van der Waals surface area contributed by atoms with Crippen LogP contribution in [0.15, 0.2) is 18.2 Å². The summed E-state index contributed by atoms with van der Waals surface area (Å²) in [5, 5.41) is 31.7. The van der Waals surface area contributed by atoms with Crippen molar-refractivity contribution in [3.05, 3.63) is 33.9 Å². The van der Waals surface area contributed by atoms with Crippen molar-refractivity contribution in [1.29, 1.82) is 0 Å². The Labute approximate surface area is 92.7 Å². The molecule has 0 amide bonds. The first-order valence-corrected chi connectivity index (χ1v) is 4.85. The summed E-state index contributed by atoms with van der Waals surface area (Å²) in [6, 6.07) is 4.19. The van der Waals surface area contributed by atoms with E-state index in [0.717, 1.165) is 0 Å². The molecule has 0 bridgehead atoms. The molecule has 6 heteroatoms. The first-order chi connectivity index (χ1) is 7.50. The minimum absolute atomic E-state index is 0.309. The Balaban J connectivity index is 2.68. The van der Waals surface area contributed by atoms with Crippen molar-refractivity contribution in [2.45, 2.75) is 19.6 Å². The number of rotatable bonds is 5. The second-order valence-corrected chi connectivity index (χ2v) is 3.56. The first-order valence-electron chi connectivity index (χ1n) is 4.85. The van der Waals surface area contributed by atoms with Crippen molar-refractivity contribution in [1.82, 2.24) is 5.32 Å². The molecule has 0 aliphatic heterocycles. The number of nitro benzene ring substituents is 1. The summed E-state index contributed by atoms with van der Waals surface area (Å²) in [7, 11) is 0. The summed E-state index contributed by atoms with van der Waals surface area (Å²) in [5.41, 5.74) is 0.376. The van der Waals surface area contributed by atoms with Gasteiger partial charge in [0.25, 0.3) is 0 Å². The van der Waals surface area contributed by atoms with Crippen LogP contribution in [0.25, 0.3) is 0 Å². The Kier molecular flexibility index (Phi) is 4.21. The van der Waals surface area contributed by atoms with Gasteiger partial charge in [0.2, 0.25) is 0 Å². The van der Waals surface area contributed by atoms with E-state index in [1.807, 2.05) is 0 Å². The highest BCUT2D eigenvalue weighted by Gasteiger charge is 2.13. The molecule has 88 valence electrons. The zero-order valence-corrected chi connectivity index (χ0v) is 8.88. The third-order valence-corrected chi connectivity index (χ3v) is 2.01. The smallest absolute Gasteiger partial charge is 0.311 e. The van der Waals surface area contributed by atoms with Crippen molar-refractivity contribution in [2.75, 3.05) is 6.54 Å². The summed E-state index contributed by atoms with van der Waals surface area (Å²) < 4.78 is 0. The quantitative estimate of drug-likeness (QED) is 0.509. The molecule has 0 heterocycles. The van der Waals surface area contributed by atoms with Gasteiger partial charge in [-0.25, -0.2) is 0 Å². The predicted molar refractivity (Wildman–Crippen MR) is 58.1 cm³/mol. The molecular formula is C10H14N2O4. The van der Waals surface area contributed by atoms with Crippen LogP contribution in [0.3, 0.4) is 0 Å². The number of benzene rings is 1. The Morgan fingerprint density at radius 3 is 2.81 bits per heavy atom. The highest BCUT2D eigenvalue weighted by Crippen LogP contribution is 2.26. The number of aliphatic hydroxyl groups is 1. The van der Waals surface area contributed by atoms with Crippen LogP contribution in [0.5, 0.6) is 5.75 Å². The summed E-state index contributed by atoms with van der Waals surface area (Å²) in [6.45, 7) is 2.47. The maximum absolute atomic E-state index is 10.5. The van der Waals surface area contributed by atoms with Crippen LogP contribution in [0.2, 0.25) is 0 Å². The molecule has 16 heavy (non-hydrogen) atoms. The van der Waals surface area contributed by atoms with E-state index in [4.69, 9.17) is 5.11 Å². The largest absolute Gasteiger partial charge is 0.502 e. The molecule has 0 aliphatic carbocycles. The number of nitrogens with zero attached hydrogens (tertiary/aromatic N) is 1. The van der Waals surface area contributed by atoms with Crippen molar-refractivity contribution >= 4 is 5.69 Å². The summed E-state index contributed by atoms with van der Waals surface area (Å²) >= 11 is 0. The molecule has 0 unspecified atom stereocenters. The zero-order valence-electron chi connectivity index (χ0n) is 8.88. The van der Waals surface area contributed by atoms with Crippen LogP contribution in [0.4, 0.5) is 5.69 Å². The fourth-order valence-electron chi connectivity index (χ4n) is 1.25. The number of phenolic OH excluding ortho intramolecular Hbond substituents is 1. The third-order valence-electron chi connectivity index (χ3n) is 2.01. The molecule has 1 rings (SSSR count). The van der Waals surface area contributed by atoms with E-state index in [2.05, 4.69) is 5.32 Å². The van der Waals surface area contributed by atoms with E-state index in [0.29, 0.717) is 18.7 Å². The maximum atomic E-state index is 10.5. The second kappa shape index (κ2) is 5.43. The highest BCUT2D eigenvalue weighted by atomic mass is 16.6. The third kappa shape index (κ3) is 3.48. The predicted octanol–water partition coefficient (Wildman–Crippen LogP) is 0.771. The molecule has 0 radical (unpaired) electrons. The SMILES string of the molecule is C[C@H](O)CNCc1ccc(O)c([N+](=O)[O-])c1. The lowest BCUT2D eigenvalue weighted by Crippen LogP contribution is -2.23. The van der Waals surface area contributed by atoms with Gasteiger partial charge in [0.05, 0.1) is 11.0 Å². The minimum Gasteiger partial charge on any atom is -0.502 e. The number of nitro groups is 1. The molecule has 1 atom stereocenters. The minimum atomic E-state index is -0.631. The number of nitrogens with one attached hydrogen (secondary N) is 1. The molecule has 1 aromatic rings.